The van der Waals surface area contributed by atoms with Gasteiger partial charge in [-0.2, -0.15) is 0 Å². The molecule has 0 aliphatic carbocycles. The average Bonchev–Trinajstić information content (AvgIpc) is 2.30. The molecule has 0 aliphatic rings. The Morgan fingerprint density at radius 3 is 2.53 bits per heavy atom. The highest BCUT2D eigenvalue weighted by Gasteiger charge is 1.98. The number of hydrogen-bond donors (Lipinski definition) is 2. The summed E-state index contributed by atoms with van der Waals surface area (Å²) >= 11 is 3.29. The smallest absolute Gasteiger partial charge is 0.174 e. The molecule has 0 radical (unpaired) electrons. The SMILES string of the molecule is Nc1ccc(N=Nc2ccc(Br)cn2)c(N)c1. The van der Waals surface area contributed by atoms with Crippen LogP contribution in [0.5, 0.6) is 0 Å². The molecule has 1 heterocycles. The monoisotopic (exact) mass is 291 g/mol. The van der Waals surface area contributed by atoms with Gasteiger partial charge >= 0.3 is 0 Å². The summed E-state index contributed by atoms with van der Waals surface area (Å²) in [6, 6.07) is 8.67. The van der Waals surface area contributed by atoms with Crippen molar-refractivity contribution in [3.63, 3.8) is 0 Å². The average molecular weight is 292 g/mol. The molecule has 0 unspecified atom stereocenters. The van der Waals surface area contributed by atoms with Gasteiger partial charge < -0.3 is 11.5 Å². The fourth-order valence-corrected chi connectivity index (χ4v) is 1.43. The lowest BCUT2D eigenvalue weighted by molar-refractivity contribution is 1.15. The zero-order chi connectivity index (χ0) is 12.3. The lowest BCUT2D eigenvalue weighted by atomic mass is 10.2. The summed E-state index contributed by atoms with van der Waals surface area (Å²) in [6.45, 7) is 0. The van der Waals surface area contributed by atoms with Gasteiger partial charge in [0.15, 0.2) is 5.82 Å². The van der Waals surface area contributed by atoms with E-state index in [1.54, 1.807) is 30.5 Å². The third-order valence-corrected chi connectivity index (χ3v) is 2.49. The van der Waals surface area contributed by atoms with Crippen LogP contribution >= 0.6 is 15.9 Å². The van der Waals surface area contributed by atoms with Crippen molar-refractivity contribution in [3.05, 3.63) is 41.0 Å². The van der Waals surface area contributed by atoms with E-state index in [1.165, 1.54) is 0 Å². The number of benzene rings is 1. The summed E-state index contributed by atoms with van der Waals surface area (Å²) in [5, 5.41) is 7.99. The molecule has 0 saturated heterocycles. The Hall–Kier alpha value is -1.95. The molecule has 5 nitrogen and oxygen atoms in total. The first-order chi connectivity index (χ1) is 8.15. The van der Waals surface area contributed by atoms with Crippen LogP contribution in [0.3, 0.4) is 0 Å². The zero-order valence-electron chi connectivity index (χ0n) is 8.84. The third-order valence-electron chi connectivity index (χ3n) is 2.02. The second kappa shape index (κ2) is 4.92. The molecule has 1 aromatic carbocycles. The van der Waals surface area contributed by atoms with Gasteiger partial charge in [-0.3, -0.25) is 0 Å². The van der Waals surface area contributed by atoms with E-state index < -0.39 is 0 Å². The van der Waals surface area contributed by atoms with E-state index >= 15 is 0 Å². The first-order valence-electron chi connectivity index (χ1n) is 4.83. The van der Waals surface area contributed by atoms with Crippen molar-refractivity contribution >= 4 is 38.8 Å². The standard InChI is InChI=1S/C11H10BrN5/c12-7-1-4-11(15-6-7)17-16-10-3-2-8(13)5-9(10)14/h1-6H,13-14H2. The van der Waals surface area contributed by atoms with E-state index in [4.69, 9.17) is 11.5 Å². The molecular weight excluding hydrogens is 282 g/mol. The fraction of sp³-hybridized carbons (Fsp3) is 0. The summed E-state index contributed by atoms with van der Waals surface area (Å²) in [5.41, 5.74) is 13.0. The molecule has 0 atom stereocenters. The number of rotatable bonds is 2. The Balaban J connectivity index is 2.23. The maximum absolute atomic E-state index is 5.75. The van der Waals surface area contributed by atoms with Crippen LogP contribution in [0, 0.1) is 0 Å². The van der Waals surface area contributed by atoms with E-state index in [1.807, 2.05) is 6.07 Å². The molecule has 0 fully saturated rings. The lowest BCUT2D eigenvalue weighted by Crippen LogP contribution is -1.89. The largest absolute Gasteiger partial charge is 0.399 e. The number of anilines is 2. The summed E-state index contributed by atoms with van der Waals surface area (Å²) in [7, 11) is 0. The van der Waals surface area contributed by atoms with Crippen LogP contribution in [0.2, 0.25) is 0 Å². The number of pyridine rings is 1. The van der Waals surface area contributed by atoms with Crippen molar-refractivity contribution in [2.24, 2.45) is 10.2 Å². The predicted octanol–water partition coefficient (Wildman–Crippen LogP) is 3.42. The number of nitrogens with zero attached hydrogens (tertiary/aromatic N) is 3. The molecule has 0 saturated carbocycles. The Bertz CT molecular complexity index is 550. The van der Waals surface area contributed by atoms with E-state index in [0.29, 0.717) is 22.9 Å². The number of halogens is 1. The van der Waals surface area contributed by atoms with Crippen molar-refractivity contribution in [1.82, 2.24) is 4.98 Å². The normalized spacial score (nSPS) is 10.9. The van der Waals surface area contributed by atoms with Gasteiger partial charge in [-0.05, 0) is 46.3 Å². The van der Waals surface area contributed by atoms with Crippen LogP contribution in [0.1, 0.15) is 0 Å². The number of nitrogen functional groups attached to an aromatic ring is 2. The predicted molar refractivity (Wildman–Crippen MR) is 71.4 cm³/mol. The Kier molecular flexibility index (Phi) is 3.34. The third kappa shape index (κ3) is 3.01. The van der Waals surface area contributed by atoms with E-state index in [0.717, 1.165) is 4.47 Å². The summed E-state index contributed by atoms with van der Waals surface area (Å²) in [5.74, 6) is 0.518. The lowest BCUT2D eigenvalue weighted by Gasteiger charge is -1.99. The van der Waals surface area contributed by atoms with Gasteiger partial charge in [0.2, 0.25) is 0 Å². The maximum atomic E-state index is 5.75. The summed E-state index contributed by atoms with van der Waals surface area (Å²) in [4.78, 5) is 4.07. The molecule has 2 rings (SSSR count). The van der Waals surface area contributed by atoms with Crippen molar-refractivity contribution < 1.29 is 0 Å². The highest BCUT2D eigenvalue weighted by Crippen LogP contribution is 2.25. The van der Waals surface area contributed by atoms with Crippen LogP contribution in [-0.2, 0) is 0 Å². The molecule has 0 spiro atoms. The number of nitrogens with two attached hydrogens (primary N) is 2. The molecule has 2 aromatic rings. The second-order valence-corrected chi connectivity index (χ2v) is 4.27. The first-order valence-corrected chi connectivity index (χ1v) is 5.63. The number of aromatic nitrogens is 1. The molecule has 86 valence electrons. The molecule has 0 amide bonds. The molecular formula is C11H10BrN5. The van der Waals surface area contributed by atoms with Crippen molar-refractivity contribution in [2.75, 3.05) is 11.5 Å². The van der Waals surface area contributed by atoms with Gasteiger partial charge in [0.05, 0.1) is 5.69 Å². The summed E-state index contributed by atoms with van der Waals surface area (Å²) in [6.07, 6.45) is 1.65. The highest BCUT2D eigenvalue weighted by molar-refractivity contribution is 9.10. The van der Waals surface area contributed by atoms with Crippen LogP contribution in [-0.4, -0.2) is 4.98 Å². The fourth-order valence-electron chi connectivity index (χ4n) is 1.20. The van der Waals surface area contributed by atoms with Crippen molar-refractivity contribution in [2.45, 2.75) is 0 Å². The maximum Gasteiger partial charge on any atom is 0.174 e. The highest BCUT2D eigenvalue weighted by atomic mass is 79.9. The Morgan fingerprint density at radius 1 is 1.06 bits per heavy atom. The van der Waals surface area contributed by atoms with Gasteiger partial charge in [0.1, 0.15) is 5.69 Å². The first kappa shape index (κ1) is 11.5. The van der Waals surface area contributed by atoms with Gasteiger partial charge in [-0.1, -0.05) is 0 Å². The molecule has 6 heteroatoms. The minimum Gasteiger partial charge on any atom is -0.399 e. The zero-order valence-corrected chi connectivity index (χ0v) is 10.4. The summed E-state index contributed by atoms with van der Waals surface area (Å²) < 4.78 is 0.892. The van der Waals surface area contributed by atoms with E-state index in [2.05, 4.69) is 31.1 Å². The van der Waals surface area contributed by atoms with Gasteiger partial charge in [0.25, 0.3) is 0 Å². The molecule has 1 aromatic heterocycles. The number of azo groups is 1. The van der Waals surface area contributed by atoms with Crippen molar-refractivity contribution in [1.29, 1.82) is 0 Å². The van der Waals surface area contributed by atoms with E-state index in [9.17, 15) is 0 Å². The van der Waals surface area contributed by atoms with Crippen molar-refractivity contribution in [3.8, 4) is 0 Å². The molecule has 4 N–H and O–H groups in total. The number of hydrogen-bond acceptors (Lipinski definition) is 5. The van der Waals surface area contributed by atoms with Crippen LogP contribution in [0.15, 0.2) is 51.2 Å². The minimum atomic E-state index is 0.492. The second-order valence-electron chi connectivity index (χ2n) is 3.35. The van der Waals surface area contributed by atoms with Gasteiger partial charge in [-0.25, -0.2) is 4.98 Å². The van der Waals surface area contributed by atoms with Crippen LogP contribution in [0.4, 0.5) is 22.9 Å². The van der Waals surface area contributed by atoms with Crippen LogP contribution in [0.25, 0.3) is 0 Å². The minimum absolute atomic E-state index is 0.492. The quantitative estimate of drug-likeness (QED) is 0.656. The van der Waals surface area contributed by atoms with Gasteiger partial charge in [-0.15, -0.1) is 10.2 Å². The molecule has 0 aliphatic heterocycles. The molecule has 0 bridgehead atoms. The van der Waals surface area contributed by atoms with E-state index in [-0.39, 0.29) is 0 Å². The Morgan fingerprint density at radius 2 is 1.88 bits per heavy atom. The topological polar surface area (TPSA) is 89.6 Å². The Labute approximate surface area is 107 Å². The van der Waals surface area contributed by atoms with Crippen LogP contribution < -0.4 is 11.5 Å². The van der Waals surface area contributed by atoms with Gasteiger partial charge in [0, 0.05) is 16.4 Å². The molecule has 17 heavy (non-hydrogen) atoms.